The molecule has 1 N–H and O–H groups in total. The zero-order valence-corrected chi connectivity index (χ0v) is 13.2. The van der Waals surface area contributed by atoms with Crippen LogP contribution in [0.15, 0.2) is 28.9 Å². The molecule has 5 nitrogen and oxygen atoms in total. The Balaban J connectivity index is 1.72. The van der Waals surface area contributed by atoms with E-state index < -0.39 is 0 Å². The van der Waals surface area contributed by atoms with Gasteiger partial charge in [0, 0.05) is 31.6 Å². The molecule has 1 aliphatic heterocycles. The molecule has 2 rings (SSSR count). The van der Waals surface area contributed by atoms with Gasteiger partial charge < -0.3 is 14.6 Å². The summed E-state index contributed by atoms with van der Waals surface area (Å²) in [6.45, 7) is 5.97. The zero-order valence-electron chi connectivity index (χ0n) is 13.2. The van der Waals surface area contributed by atoms with Crippen molar-refractivity contribution in [3.05, 3.63) is 30.2 Å². The van der Waals surface area contributed by atoms with Crippen LogP contribution >= 0.6 is 0 Å². The van der Waals surface area contributed by atoms with Crippen LogP contribution in [0.4, 0.5) is 0 Å². The number of likely N-dealkylation sites (tertiary alicyclic amines) is 1. The number of nitrogens with zero attached hydrogens (tertiary/aromatic N) is 1. The van der Waals surface area contributed by atoms with E-state index in [1.54, 1.807) is 24.5 Å². The normalized spacial score (nSPS) is 16.4. The van der Waals surface area contributed by atoms with Crippen LogP contribution < -0.4 is 5.32 Å². The molecule has 5 heteroatoms. The van der Waals surface area contributed by atoms with Crippen LogP contribution in [0.5, 0.6) is 0 Å². The van der Waals surface area contributed by atoms with E-state index in [1.807, 2.05) is 24.8 Å². The highest BCUT2D eigenvalue weighted by molar-refractivity contribution is 5.91. The van der Waals surface area contributed by atoms with Crippen LogP contribution in [0.3, 0.4) is 0 Å². The molecule has 22 heavy (non-hydrogen) atoms. The molecule has 0 aliphatic carbocycles. The van der Waals surface area contributed by atoms with E-state index in [1.165, 1.54) is 0 Å². The minimum atomic E-state index is 0.0149. The third kappa shape index (κ3) is 4.76. The Morgan fingerprint density at radius 1 is 1.41 bits per heavy atom. The minimum absolute atomic E-state index is 0.0149. The molecular weight excluding hydrogens is 280 g/mol. The van der Waals surface area contributed by atoms with Crippen molar-refractivity contribution >= 4 is 17.9 Å². The topological polar surface area (TPSA) is 62.6 Å². The van der Waals surface area contributed by atoms with Crippen molar-refractivity contribution in [2.24, 2.45) is 11.8 Å². The average molecular weight is 304 g/mol. The highest BCUT2D eigenvalue weighted by Gasteiger charge is 2.22. The van der Waals surface area contributed by atoms with Crippen LogP contribution in [0.2, 0.25) is 0 Å². The van der Waals surface area contributed by atoms with Gasteiger partial charge in [0.05, 0.1) is 6.26 Å². The second-order valence-electron chi connectivity index (χ2n) is 6.02. The molecule has 2 amide bonds. The number of nitrogens with one attached hydrogen (secondary N) is 1. The lowest BCUT2D eigenvalue weighted by atomic mass is 9.96. The van der Waals surface area contributed by atoms with Gasteiger partial charge >= 0.3 is 0 Å². The summed E-state index contributed by atoms with van der Waals surface area (Å²) < 4.78 is 5.16. The first kappa shape index (κ1) is 16.3. The molecule has 1 saturated heterocycles. The van der Waals surface area contributed by atoms with Gasteiger partial charge in [0.15, 0.2) is 0 Å². The molecular formula is C17H24N2O3. The number of rotatable bonds is 5. The van der Waals surface area contributed by atoms with Gasteiger partial charge in [0.25, 0.3) is 0 Å². The summed E-state index contributed by atoms with van der Waals surface area (Å²) in [7, 11) is 0. The average Bonchev–Trinajstić information content (AvgIpc) is 3.04. The maximum absolute atomic E-state index is 12.1. The van der Waals surface area contributed by atoms with E-state index in [9.17, 15) is 9.59 Å². The summed E-state index contributed by atoms with van der Waals surface area (Å²) in [6, 6.07) is 3.61. The van der Waals surface area contributed by atoms with E-state index in [0.717, 1.165) is 25.9 Å². The quantitative estimate of drug-likeness (QED) is 0.849. The van der Waals surface area contributed by atoms with Crippen molar-refractivity contribution in [1.29, 1.82) is 0 Å². The highest BCUT2D eigenvalue weighted by atomic mass is 16.3. The number of hydrogen-bond acceptors (Lipinski definition) is 3. The van der Waals surface area contributed by atoms with Crippen molar-refractivity contribution in [3.8, 4) is 0 Å². The molecule has 0 bridgehead atoms. The molecule has 120 valence electrons. The molecule has 1 aromatic rings. The van der Waals surface area contributed by atoms with Crippen molar-refractivity contribution < 1.29 is 14.0 Å². The maximum atomic E-state index is 12.1. The SMILES string of the molecule is CC(C)C(=O)NCC1CCN(C(=O)/C=C/c2ccco2)CC1. The summed E-state index contributed by atoms with van der Waals surface area (Å²) in [5.41, 5.74) is 0. The van der Waals surface area contributed by atoms with E-state index in [2.05, 4.69) is 5.32 Å². The van der Waals surface area contributed by atoms with Crippen molar-refractivity contribution in [1.82, 2.24) is 10.2 Å². The summed E-state index contributed by atoms with van der Waals surface area (Å²) >= 11 is 0. The van der Waals surface area contributed by atoms with Crippen LogP contribution in [0.1, 0.15) is 32.4 Å². The lowest BCUT2D eigenvalue weighted by Gasteiger charge is -2.31. The van der Waals surface area contributed by atoms with Crippen LogP contribution in [0.25, 0.3) is 6.08 Å². The van der Waals surface area contributed by atoms with Crippen molar-refractivity contribution in [2.45, 2.75) is 26.7 Å². The Hall–Kier alpha value is -2.04. The van der Waals surface area contributed by atoms with Gasteiger partial charge in [0.2, 0.25) is 11.8 Å². The minimum Gasteiger partial charge on any atom is -0.465 e. The summed E-state index contributed by atoms with van der Waals surface area (Å²) in [6.07, 6.45) is 6.69. The monoisotopic (exact) mass is 304 g/mol. The number of amides is 2. The van der Waals surface area contributed by atoms with Gasteiger partial charge in [-0.3, -0.25) is 9.59 Å². The Labute approximate surface area is 131 Å². The molecule has 1 aliphatic rings. The first-order chi connectivity index (χ1) is 10.6. The molecule has 1 aromatic heterocycles. The first-order valence-electron chi connectivity index (χ1n) is 7.84. The predicted octanol–water partition coefficient (Wildman–Crippen LogP) is 2.30. The Bertz CT molecular complexity index is 512. The molecule has 0 atom stereocenters. The van der Waals surface area contributed by atoms with Gasteiger partial charge in [-0.25, -0.2) is 0 Å². The highest BCUT2D eigenvalue weighted by Crippen LogP contribution is 2.17. The van der Waals surface area contributed by atoms with Crippen LogP contribution in [-0.4, -0.2) is 36.3 Å². The molecule has 2 heterocycles. The van der Waals surface area contributed by atoms with E-state index >= 15 is 0 Å². The van der Waals surface area contributed by atoms with Crippen LogP contribution in [0, 0.1) is 11.8 Å². The smallest absolute Gasteiger partial charge is 0.246 e. The third-order valence-corrected chi connectivity index (χ3v) is 3.95. The fourth-order valence-electron chi connectivity index (χ4n) is 2.45. The second kappa shape index (κ2) is 7.82. The summed E-state index contributed by atoms with van der Waals surface area (Å²) in [4.78, 5) is 25.5. The molecule has 0 saturated carbocycles. The Morgan fingerprint density at radius 3 is 2.73 bits per heavy atom. The number of carbonyl (C=O) groups excluding carboxylic acids is 2. The molecule has 0 radical (unpaired) electrons. The standard InChI is InChI=1S/C17H24N2O3/c1-13(2)17(21)18-12-14-7-9-19(10-8-14)16(20)6-5-15-4-3-11-22-15/h3-6,11,13-14H,7-10,12H2,1-2H3,(H,18,21)/b6-5+. The molecule has 0 spiro atoms. The van der Waals surface area contributed by atoms with Gasteiger partial charge in [-0.15, -0.1) is 0 Å². The van der Waals surface area contributed by atoms with Crippen molar-refractivity contribution in [2.75, 3.05) is 19.6 Å². The molecule has 1 fully saturated rings. The fraction of sp³-hybridized carbons (Fsp3) is 0.529. The van der Waals surface area contributed by atoms with Gasteiger partial charge in [-0.05, 0) is 37.0 Å². The zero-order chi connectivity index (χ0) is 15.9. The van der Waals surface area contributed by atoms with Crippen LogP contribution in [-0.2, 0) is 9.59 Å². The van der Waals surface area contributed by atoms with E-state index in [4.69, 9.17) is 4.42 Å². The number of piperidine rings is 1. The molecule has 0 unspecified atom stereocenters. The van der Waals surface area contributed by atoms with Gasteiger partial charge in [0.1, 0.15) is 5.76 Å². The lowest BCUT2D eigenvalue weighted by molar-refractivity contribution is -0.128. The predicted molar refractivity (Wildman–Crippen MR) is 84.9 cm³/mol. The lowest BCUT2D eigenvalue weighted by Crippen LogP contribution is -2.41. The second-order valence-corrected chi connectivity index (χ2v) is 6.02. The Morgan fingerprint density at radius 2 is 2.14 bits per heavy atom. The first-order valence-corrected chi connectivity index (χ1v) is 7.84. The van der Waals surface area contributed by atoms with E-state index in [-0.39, 0.29) is 17.7 Å². The van der Waals surface area contributed by atoms with Gasteiger partial charge in [-0.2, -0.15) is 0 Å². The maximum Gasteiger partial charge on any atom is 0.246 e. The number of furan rings is 1. The summed E-state index contributed by atoms with van der Waals surface area (Å²) in [5, 5.41) is 2.97. The summed E-state index contributed by atoms with van der Waals surface area (Å²) in [5.74, 6) is 1.27. The number of hydrogen-bond donors (Lipinski definition) is 1. The fourth-order valence-corrected chi connectivity index (χ4v) is 2.45. The largest absolute Gasteiger partial charge is 0.465 e. The van der Waals surface area contributed by atoms with Gasteiger partial charge in [-0.1, -0.05) is 13.8 Å². The molecule has 0 aromatic carbocycles. The third-order valence-electron chi connectivity index (χ3n) is 3.95. The van der Waals surface area contributed by atoms with Crippen molar-refractivity contribution in [3.63, 3.8) is 0 Å². The number of carbonyl (C=O) groups is 2. The Kier molecular flexibility index (Phi) is 5.81. The van der Waals surface area contributed by atoms with E-state index in [0.29, 0.717) is 18.2 Å².